The molecule has 0 radical (unpaired) electrons. The summed E-state index contributed by atoms with van der Waals surface area (Å²) in [6.07, 6.45) is 0.582. The molecule has 0 bridgehead atoms. The van der Waals surface area contributed by atoms with Gasteiger partial charge in [0, 0.05) is 10.9 Å². The molecular formula is C8H9BrOS. The van der Waals surface area contributed by atoms with Crippen molar-refractivity contribution in [2.24, 2.45) is 0 Å². The van der Waals surface area contributed by atoms with Crippen molar-refractivity contribution >= 4 is 33.0 Å². The van der Waals surface area contributed by atoms with Gasteiger partial charge in [-0.15, -0.1) is 11.3 Å². The highest BCUT2D eigenvalue weighted by molar-refractivity contribution is 9.10. The highest BCUT2D eigenvalue weighted by Gasteiger charge is 2.11. The van der Waals surface area contributed by atoms with E-state index in [1.807, 2.05) is 19.2 Å². The predicted molar refractivity (Wildman–Crippen MR) is 51.4 cm³/mol. The fourth-order valence-electron chi connectivity index (χ4n) is 0.779. The predicted octanol–water partition coefficient (Wildman–Crippen LogP) is 3.41. The van der Waals surface area contributed by atoms with Crippen LogP contribution < -0.4 is 0 Å². The minimum absolute atomic E-state index is 0.218. The van der Waals surface area contributed by atoms with E-state index < -0.39 is 0 Å². The van der Waals surface area contributed by atoms with Crippen LogP contribution in [0.5, 0.6) is 0 Å². The van der Waals surface area contributed by atoms with E-state index in [9.17, 15) is 4.79 Å². The van der Waals surface area contributed by atoms with E-state index >= 15 is 0 Å². The Balaban J connectivity index is 3.04. The summed E-state index contributed by atoms with van der Waals surface area (Å²) in [4.78, 5) is 12.1. The lowest BCUT2D eigenvalue weighted by molar-refractivity contribution is 0.0991. The van der Waals surface area contributed by atoms with Crippen molar-refractivity contribution in [2.45, 2.75) is 20.3 Å². The summed E-state index contributed by atoms with van der Waals surface area (Å²) in [6, 6.07) is 0. The molecule has 0 amide bonds. The van der Waals surface area contributed by atoms with E-state index in [0.717, 1.165) is 14.9 Å². The third-order valence-corrected chi connectivity index (χ3v) is 3.90. The van der Waals surface area contributed by atoms with Gasteiger partial charge < -0.3 is 0 Å². The molecule has 0 saturated heterocycles. The second kappa shape index (κ2) is 3.50. The van der Waals surface area contributed by atoms with Crippen LogP contribution in [0.3, 0.4) is 0 Å². The molecule has 0 aliphatic carbocycles. The number of rotatable bonds is 2. The summed E-state index contributed by atoms with van der Waals surface area (Å²) in [5.41, 5.74) is 1.15. The molecule has 60 valence electrons. The first-order chi connectivity index (χ1) is 5.16. The van der Waals surface area contributed by atoms with E-state index in [-0.39, 0.29) is 5.78 Å². The van der Waals surface area contributed by atoms with E-state index in [1.165, 1.54) is 11.3 Å². The minimum atomic E-state index is 0.218. The molecule has 1 rings (SSSR count). The molecule has 11 heavy (non-hydrogen) atoms. The molecule has 0 N–H and O–H groups in total. The summed E-state index contributed by atoms with van der Waals surface area (Å²) in [5, 5.41) is 1.99. The molecular weight excluding hydrogens is 224 g/mol. The quantitative estimate of drug-likeness (QED) is 0.715. The first-order valence-corrected chi connectivity index (χ1v) is 5.10. The Morgan fingerprint density at radius 3 is 2.73 bits per heavy atom. The molecule has 0 spiro atoms. The average Bonchev–Trinajstić information content (AvgIpc) is 2.32. The molecule has 0 aromatic carbocycles. The van der Waals surface area contributed by atoms with Crippen molar-refractivity contribution in [3.05, 3.63) is 20.3 Å². The Labute approximate surface area is 78.6 Å². The van der Waals surface area contributed by atoms with Crippen molar-refractivity contribution in [3.63, 3.8) is 0 Å². The van der Waals surface area contributed by atoms with Gasteiger partial charge in [0.15, 0.2) is 5.78 Å². The van der Waals surface area contributed by atoms with Crippen molar-refractivity contribution in [1.29, 1.82) is 0 Å². The molecule has 0 atom stereocenters. The number of ketones is 1. The molecule has 1 nitrogen and oxygen atoms in total. The van der Waals surface area contributed by atoms with Crippen molar-refractivity contribution in [1.82, 2.24) is 0 Å². The van der Waals surface area contributed by atoms with Crippen LogP contribution in [-0.4, -0.2) is 5.78 Å². The Bertz CT molecular complexity index is 278. The van der Waals surface area contributed by atoms with Crippen LogP contribution in [0.15, 0.2) is 9.85 Å². The van der Waals surface area contributed by atoms with Crippen LogP contribution in [0.4, 0.5) is 0 Å². The monoisotopic (exact) mass is 232 g/mol. The SMILES string of the molecule is CCC(=O)c1scc(C)c1Br. The van der Waals surface area contributed by atoms with Crippen LogP contribution in [0.25, 0.3) is 0 Å². The highest BCUT2D eigenvalue weighted by Crippen LogP contribution is 2.28. The number of carbonyl (C=O) groups excluding carboxylic acids is 1. The summed E-state index contributed by atoms with van der Waals surface area (Å²) in [7, 11) is 0. The van der Waals surface area contributed by atoms with Gasteiger partial charge in [-0.2, -0.15) is 0 Å². The lowest BCUT2D eigenvalue weighted by Gasteiger charge is -1.92. The van der Waals surface area contributed by atoms with Crippen LogP contribution in [0.1, 0.15) is 28.6 Å². The van der Waals surface area contributed by atoms with Gasteiger partial charge in [0.25, 0.3) is 0 Å². The third-order valence-electron chi connectivity index (χ3n) is 1.47. The number of halogens is 1. The van der Waals surface area contributed by atoms with Gasteiger partial charge in [0.2, 0.25) is 0 Å². The zero-order valence-corrected chi connectivity index (χ0v) is 8.88. The smallest absolute Gasteiger partial charge is 0.173 e. The average molecular weight is 233 g/mol. The molecule has 0 aliphatic rings. The van der Waals surface area contributed by atoms with Gasteiger partial charge in [0.05, 0.1) is 4.88 Å². The van der Waals surface area contributed by atoms with Gasteiger partial charge in [-0.1, -0.05) is 6.92 Å². The maximum absolute atomic E-state index is 11.2. The van der Waals surface area contributed by atoms with Gasteiger partial charge in [-0.05, 0) is 33.8 Å². The van der Waals surface area contributed by atoms with Crippen LogP contribution in [0, 0.1) is 6.92 Å². The third kappa shape index (κ3) is 1.71. The molecule has 0 unspecified atom stereocenters. The molecule has 1 heterocycles. The summed E-state index contributed by atoms with van der Waals surface area (Å²) >= 11 is 4.89. The number of hydrogen-bond donors (Lipinski definition) is 0. The Hall–Kier alpha value is -0.150. The molecule has 0 fully saturated rings. The highest BCUT2D eigenvalue weighted by atomic mass is 79.9. The summed E-state index contributed by atoms with van der Waals surface area (Å²) in [6.45, 7) is 3.87. The topological polar surface area (TPSA) is 17.1 Å². The second-order valence-corrected chi connectivity index (χ2v) is 4.01. The fraction of sp³-hybridized carbons (Fsp3) is 0.375. The Kier molecular flexibility index (Phi) is 2.84. The van der Waals surface area contributed by atoms with Gasteiger partial charge in [-0.25, -0.2) is 0 Å². The van der Waals surface area contributed by atoms with Crippen molar-refractivity contribution in [3.8, 4) is 0 Å². The lowest BCUT2D eigenvalue weighted by atomic mass is 10.2. The van der Waals surface area contributed by atoms with E-state index in [4.69, 9.17) is 0 Å². The lowest BCUT2D eigenvalue weighted by Crippen LogP contribution is -1.92. The van der Waals surface area contributed by atoms with Gasteiger partial charge >= 0.3 is 0 Å². The second-order valence-electron chi connectivity index (χ2n) is 2.34. The molecule has 3 heteroatoms. The van der Waals surface area contributed by atoms with Crippen molar-refractivity contribution < 1.29 is 4.79 Å². The summed E-state index contributed by atoms with van der Waals surface area (Å²) in [5.74, 6) is 0.218. The fourth-order valence-corrected chi connectivity index (χ4v) is 2.50. The van der Waals surface area contributed by atoms with Crippen LogP contribution >= 0.6 is 27.3 Å². The van der Waals surface area contributed by atoms with E-state index in [0.29, 0.717) is 6.42 Å². The van der Waals surface area contributed by atoms with E-state index in [1.54, 1.807) is 0 Å². The number of aryl methyl sites for hydroxylation is 1. The Morgan fingerprint density at radius 1 is 1.73 bits per heavy atom. The largest absolute Gasteiger partial charge is 0.293 e. The van der Waals surface area contributed by atoms with Gasteiger partial charge in [0.1, 0.15) is 0 Å². The number of thiophene rings is 1. The molecule has 1 aromatic rings. The maximum atomic E-state index is 11.2. The molecule has 0 saturated carbocycles. The van der Waals surface area contributed by atoms with Crippen LogP contribution in [-0.2, 0) is 0 Å². The maximum Gasteiger partial charge on any atom is 0.173 e. The molecule has 0 aliphatic heterocycles. The number of Topliss-reactive ketones (excluding diaryl/α,β-unsaturated/α-hetero) is 1. The standard InChI is InChI=1S/C8H9BrOS/c1-3-6(10)8-7(9)5(2)4-11-8/h4H,3H2,1-2H3. The Morgan fingerprint density at radius 2 is 2.36 bits per heavy atom. The van der Waals surface area contributed by atoms with Crippen molar-refractivity contribution in [2.75, 3.05) is 0 Å². The minimum Gasteiger partial charge on any atom is -0.293 e. The molecule has 1 aromatic heterocycles. The zero-order valence-electron chi connectivity index (χ0n) is 6.48. The number of hydrogen-bond acceptors (Lipinski definition) is 2. The van der Waals surface area contributed by atoms with E-state index in [2.05, 4.69) is 15.9 Å². The zero-order chi connectivity index (χ0) is 8.43. The summed E-state index contributed by atoms with van der Waals surface area (Å²) < 4.78 is 0.967. The first kappa shape index (κ1) is 8.94. The normalized spacial score (nSPS) is 10.1. The first-order valence-electron chi connectivity index (χ1n) is 3.43. The number of carbonyl (C=O) groups is 1. The van der Waals surface area contributed by atoms with Gasteiger partial charge in [-0.3, -0.25) is 4.79 Å². The van der Waals surface area contributed by atoms with Crippen LogP contribution in [0.2, 0.25) is 0 Å².